The molecule has 1 heterocycles. The first-order valence-corrected chi connectivity index (χ1v) is 6.88. The Bertz CT molecular complexity index is 402. The number of nitrogens with zero attached hydrogens (tertiary/aromatic N) is 4. The Kier molecular flexibility index (Phi) is 6.02. The average Bonchev–Trinajstić information content (AvgIpc) is 2.81. The van der Waals surface area contributed by atoms with Crippen molar-refractivity contribution < 1.29 is 4.79 Å². The van der Waals surface area contributed by atoms with Crippen molar-refractivity contribution in [2.45, 2.75) is 32.7 Å². The van der Waals surface area contributed by atoms with Crippen LogP contribution in [0.1, 0.15) is 26.1 Å². The molecule has 0 saturated heterocycles. The van der Waals surface area contributed by atoms with E-state index in [1.807, 2.05) is 52.0 Å². The molecule has 0 aromatic carbocycles. The van der Waals surface area contributed by atoms with Gasteiger partial charge in [-0.2, -0.15) is 0 Å². The topological polar surface area (TPSA) is 41.4 Å². The molecule has 5 nitrogen and oxygen atoms in total. The fraction of sp³-hybridized carbons (Fsp3) is 0.714. The van der Waals surface area contributed by atoms with Crippen LogP contribution in [0.2, 0.25) is 0 Å². The summed E-state index contributed by atoms with van der Waals surface area (Å²) in [4.78, 5) is 20.2. The first-order valence-electron chi connectivity index (χ1n) is 6.88. The van der Waals surface area contributed by atoms with Crippen molar-refractivity contribution in [2.24, 2.45) is 7.05 Å². The molecule has 1 rings (SSSR count). The molecule has 0 aliphatic carbocycles. The van der Waals surface area contributed by atoms with Crippen LogP contribution in [0, 0.1) is 0 Å². The molecule has 0 unspecified atom stereocenters. The van der Waals surface area contributed by atoms with E-state index in [1.165, 1.54) is 0 Å². The highest BCUT2D eigenvalue weighted by molar-refractivity contribution is 5.81. The molecule has 0 N–H and O–H groups in total. The van der Waals surface area contributed by atoms with Crippen molar-refractivity contribution in [2.75, 3.05) is 27.2 Å². The number of carbonyl (C=O) groups is 1. The number of hydrogen-bond acceptors (Lipinski definition) is 3. The molecule has 0 spiro atoms. The van der Waals surface area contributed by atoms with Gasteiger partial charge in [0.15, 0.2) is 0 Å². The highest BCUT2D eigenvalue weighted by Gasteiger charge is 2.20. The molecule has 1 amide bonds. The van der Waals surface area contributed by atoms with E-state index in [2.05, 4.69) is 9.88 Å². The minimum atomic E-state index is -0.0636. The van der Waals surface area contributed by atoms with Gasteiger partial charge in [-0.05, 0) is 33.9 Å². The highest BCUT2D eigenvalue weighted by Crippen LogP contribution is 2.04. The van der Waals surface area contributed by atoms with Crippen molar-refractivity contribution in [3.05, 3.63) is 18.2 Å². The van der Waals surface area contributed by atoms with Gasteiger partial charge in [0.05, 0.1) is 6.04 Å². The van der Waals surface area contributed by atoms with Gasteiger partial charge in [0.25, 0.3) is 0 Å². The van der Waals surface area contributed by atoms with Crippen LogP contribution in [0.3, 0.4) is 0 Å². The van der Waals surface area contributed by atoms with E-state index in [4.69, 9.17) is 0 Å². The molecule has 1 aromatic rings. The number of aromatic nitrogens is 2. The van der Waals surface area contributed by atoms with Gasteiger partial charge < -0.3 is 9.47 Å². The van der Waals surface area contributed by atoms with Crippen molar-refractivity contribution in [3.8, 4) is 0 Å². The van der Waals surface area contributed by atoms with E-state index in [0.717, 1.165) is 31.8 Å². The summed E-state index contributed by atoms with van der Waals surface area (Å²) in [5.41, 5.74) is 0. The molecule has 19 heavy (non-hydrogen) atoms. The van der Waals surface area contributed by atoms with Crippen LogP contribution in [-0.4, -0.2) is 58.5 Å². The SMILES string of the molecule is CCN(C)C(=O)[C@H](C)N(C)CCCc1nccn1C. The fourth-order valence-electron chi connectivity index (χ4n) is 1.98. The predicted octanol–water partition coefficient (Wildman–Crippen LogP) is 1.15. The zero-order chi connectivity index (χ0) is 14.4. The third-order valence-corrected chi connectivity index (χ3v) is 3.70. The Morgan fingerprint density at radius 1 is 1.47 bits per heavy atom. The van der Waals surface area contributed by atoms with Crippen LogP contribution in [0.25, 0.3) is 0 Å². The molecular formula is C14H26N4O. The number of imidazole rings is 1. The van der Waals surface area contributed by atoms with E-state index < -0.39 is 0 Å². The second-order valence-corrected chi connectivity index (χ2v) is 5.07. The van der Waals surface area contributed by atoms with E-state index in [9.17, 15) is 4.79 Å². The first-order chi connectivity index (χ1) is 8.97. The van der Waals surface area contributed by atoms with Crippen molar-refractivity contribution in [1.29, 1.82) is 0 Å². The standard InChI is InChI=1S/C14H26N4O/c1-6-16(3)14(19)12(2)17(4)10-7-8-13-15-9-11-18(13)5/h9,11-12H,6-8,10H2,1-5H3/t12-/m0/s1. The van der Waals surface area contributed by atoms with Gasteiger partial charge >= 0.3 is 0 Å². The molecular weight excluding hydrogens is 240 g/mol. The third kappa shape index (κ3) is 4.35. The minimum absolute atomic E-state index is 0.0636. The molecule has 0 bridgehead atoms. The molecule has 0 fully saturated rings. The number of rotatable bonds is 7. The summed E-state index contributed by atoms with van der Waals surface area (Å²) in [5.74, 6) is 1.28. The molecule has 0 aliphatic heterocycles. The number of aryl methyl sites for hydroxylation is 2. The van der Waals surface area contributed by atoms with Gasteiger partial charge in [-0.15, -0.1) is 0 Å². The lowest BCUT2D eigenvalue weighted by Crippen LogP contribution is -2.44. The Hall–Kier alpha value is -1.36. The summed E-state index contributed by atoms with van der Waals surface area (Å²) in [5, 5.41) is 0. The normalized spacial score (nSPS) is 12.7. The van der Waals surface area contributed by atoms with Crippen molar-refractivity contribution in [1.82, 2.24) is 19.4 Å². The van der Waals surface area contributed by atoms with E-state index in [1.54, 1.807) is 4.90 Å². The Morgan fingerprint density at radius 3 is 2.68 bits per heavy atom. The predicted molar refractivity (Wildman–Crippen MR) is 76.9 cm³/mol. The minimum Gasteiger partial charge on any atom is -0.345 e. The molecule has 5 heteroatoms. The summed E-state index contributed by atoms with van der Waals surface area (Å²) < 4.78 is 2.04. The van der Waals surface area contributed by atoms with Gasteiger partial charge in [0, 0.05) is 39.5 Å². The van der Waals surface area contributed by atoms with Crippen LogP contribution < -0.4 is 0 Å². The first kappa shape index (κ1) is 15.7. The number of likely N-dealkylation sites (N-methyl/N-ethyl adjacent to an activating group) is 2. The molecule has 108 valence electrons. The van der Waals surface area contributed by atoms with E-state index >= 15 is 0 Å². The van der Waals surface area contributed by atoms with Gasteiger partial charge in [0.2, 0.25) is 5.91 Å². The Labute approximate surface area is 116 Å². The van der Waals surface area contributed by atoms with E-state index in [-0.39, 0.29) is 11.9 Å². The second kappa shape index (κ2) is 7.28. The lowest BCUT2D eigenvalue weighted by molar-refractivity contribution is -0.134. The second-order valence-electron chi connectivity index (χ2n) is 5.07. The summed E-state index contributed by atoms with van der Waals surface area (Å²) in [6.07, 6.45) is 5.73. The molecule has 0 aliphatic rings. The molecule has 0 saturated carbocycles. The Morgan fingerprint density at radius 2 is 2.16 bits per heavy atom. The third-order valence-electron chi connectivity index (χ3n) is 3.70. The summed E-state index contributed by atoms with van der Waals surface area (Å²) in [7, 11) is 5.86. The van der Waals surface area contributed by atoms with E-state index in [0.29, 0.717) is 0 Å². The summed E-state index contributed by atoms with van der Waals surface area (Å²) in [6.45, 7) is 5.61. The smallest absolute Gasteiger partial charge is 0.239 e. The largest absolute Gasteiger partial charge is 0.345 e. The van der Waals surface area contributed by atoms with Crippen LogP contribution in [0.5, 0.6) is 0 Å². The lowest BCUT2D eigenvalue weighted by Gasteiger charge is -2.27. The van der Waals surface area contributed by atoms with Gasteiger partial charge in [-0.1, -0.05) is 0 Å². The van der Waals surface area contributed by atoms with Gasteiger partial charge in [0.1, 0.15) is 5.82 Å². The monoisotopic (exact) mass is 266 g/mol. The molecule has 0 radical (unpaired) electrons. The number of hydrogen-bond donors (Lipinski definition) is 0. The maximum atomic E-state index is 12.0. The number of carbonyl (C=O) groups excluding carboxylic acids is 1. The van der Waals surface area contributed by atoms with Gasteiger partial charge in [-0.3, -0.25) is 9.69 Å². The number of amides is 1. The molecule has 1 atom stereocenters. The van der Waals surface area contributed by atoms with Crippen molar-refractivity contribution >= 4 is 5.91 Å². The van der Waals surface area contributed by atoms with Crippen LogP contribution >= 0.6 is 0 Å². The van der Waals surface area contributed by atoms with Crippen LogP contribution in [-0.2, 0) is 18.3 Å². The molecule has 1 aromatic heterocycles. The quantitative estimate of drug-likeness (QED) is 0.743. The summed E-state index contributed by atoms with van der Waals surface area (Å²) >= 11 is 0. The fourth-order valence-corrected chi connectivity index (χ4v) is 1.98. The highest BCUT2D eigenvalue weighted by atomic mass is 16.2. The zero-order valence-electron chi connectivity index (χ0n) is 12.8. The van der Waals surface area contributed by atoms with Crippen LogP contribution in [0.4, 0.5) is 0 Å². The zero-order valence-corrected chi connectivity index (χ0v) is 12.8. The maximum Gasteiger partial charge on any atom is 0.239 e. The maximum absolute atomic E-state index is 12.0. The lowest BCUT2D eigenvalue weighted by atomic mass is 10.2. The Balaban J connectivity index is 2.36. The van der Waals surface area contributed by atoms with Crippen LogP contribution in [0.15, 0.2) is 12.4 Å². The average molecular weight is 266 g/mol. The van der Waals surface area contributed by atoms with Crippen molar-refractivity contribution in [3.63, 3.8) is 0 Å². The van der Waals surface area contributed by atoms with Gasteiger partial charge in [-0.25, -0.2) is 4.98 Å². The summed E-state index contributed by atoms with van der Waals surface area (Å²) in [6, 6.07) is -0.0636.